The van der Waals surface area contributed by atoms with Crippen LogP contribution in [0.5, 0.6) is 5.75 Å². The van der Waals surface area contributed by atoms with Crippen LogP contribution in [0.2, 0.25) is 5.02 Å². The lowest BCUT2D eigenvalue weighted by atomic mass is 9.97. The van der Waals surface area contributed by atoms with Gasteiger partial charge in [-0.3, -0.25) is 4.79 Å². The molecule has 0 bridgehead atoms. The molecule has 0 heterocycles. The van der Waals surface area contributed by atoms with Crippen molar-refractivity contribution in [2.45, 2.75) is 38.5 Å². The number of methoxy groups -OCH3 is 1. The smallest absolute Gasteiger partial charge is 0.164 e. The van der Waals surface area contributed by atoms with Crippen molar-refractivity contribution < 1.29 is 9.53 Å². The quantitative estimate of drug-likeness (QED) is 0.734. The van der Waals surface area contributed by atoms with E-state index in [1.807, 2.05) is 0 Å². The molecule has 3 heteroatoms. The minimum atomic E-state index is 0.148. The number of Topliss-reactive ketones (excluding diaryl/α,β-unsaturated/α-hetero) is 1. The molecule has 0 saturated heterocycles. The summed E-state index contributed by atoms with van der Waals surface area (Å²) in [5, 5.41) is 0.491. The van der Waals surface area contributed by atoms with E-state index in [2.05, 4.69) is 0 Å². The van der Waals surface area contributed by atoms with E-state index in [-0.39, 0.29) is 5.78 Å². The Morgan fingerprint density at radius 2 is 2.11 bits per heavy atom. The van der Waals surface area contributed by atoms with Gasteiger partial charge in [-0.1, -0.05) is 37.3 Å². The minimum absolute atomic E-state index is 0.148. The Morgan fingerprint density at radius 1 is 1.39 bits per heavy atom. The maximum Gasteiger partial charge on any atom is 0.164 e. The standard InChI is InChI=1S/C15H19ClO2/c1-18-12-7-8-13(14(16)10-12)15(17)9-6-11-4-2-3-5-11/h7-8,10-11H,2-6,9H2,1H3. The van der Waals surface area contributed by atoms with Crippen molar-refractivity contribution in [3.8, 4) is 5.75 Å². The topological polar surface area (TPSA) is 26.3 Å². The molecule has 0 N–H and O–H groups in total. The molecule has 1 aliphatic carbocycles. The largest absolute Gasteiger partial charge is 0.497 e. The van der Waals surface area contributed by atoms with E-state index in [0.29, 0.717) is 22.8 Å². The number of rotatable bonds is 5. The van der Waals surface area contributed by atoms with Gasteiger partial charge in [-0.05, 0) is 30.5 Å². The molecule has 1 aliphatic rings. The van der Waals surface area contributed by atoms with Gasteiger partial charge >= 0.3 is 0 Å². The van der Waals surface area contributed by atoms with Crippen LogP contribution >= 0.6 is 11.6 Å². The highest BCUT2D eigenvalue weighted by Crippen LogP contribution is 2.30. The maximum absolute atomic E-state index is 12.1. The molecule has 1 aromatic rings. The summed E-state index contributed by atoms with van der Waals surface area (Å²) in [7, 11) is 1.59. The summed E-state index contributed by atoms with van der Waals surface area (Å²) >= 11 is 6.10. The molecule has 0 radical (unpaired) electrons. The average molecular weight is 267 g/mol. The van der Waals surface area contributed by atoms with Crippen LogP contribution in [0.3, 0.4) is 0 Å². The minimum Gasteiger partial charge on any atom is -0.497 e. The molecule has 0 unspecified atom stereocenters. The van der Waals surface area contributed by atoms with Crippen molar-refractivity contribution in [2.24, 2.45) is 5.92 Å². The molecule has 1 fully saturated rings. The van der Waals surface area contributed by atoms with Crippen molar-refractivity contribution >= 4 is 17.4 Å². The lowest BCUT2D eigenvalue weighted by molar-refractivity contribution is 0.0974. The van der Waals surface area contributed by atoms with Crippen LogP contribution in [-0.4, -0.2) is 12.9 Å². The predicted octanol–water partition coefficient (Wildman–Crippen LogP) is 4.50. The molecular weight excluding hydrogens is 248 g/mol. The van der Waals surface area contributed by atoms with Gasteiger partial charge < -0.3 is 4.74 Å². The molecule has 18 heavy (non-hydrogen) atoms. The molecule has 0 spiro atoms. The molecule has 98 valence electrons. The van der Waals surface area contributed by atoms with Crippen molar-refractivity contribution in [3.63, 3.8) is 0 Å². The van der Waals surface area contributed by atoms with Crippen LogP contribution in [-0.2, 0) is 0 Å². The number of hydrogen-bond donors (Lipinski definition) is 0. The predicted molar refractivity (Wildman–Crippen MR) is 73.5 cm³/mol. The van der Waals surface area contributed by atoms with Crippen LogP contribution in [0.4, 0.5) is 0 Å². The second kappa shape index (κ2) is 6.24. The van der Waals surface area contributed by atoms with Gasteiger partial charge in [0.15, 0.2) is 5.78 Å². The zero-order chi connectivity index (χ0) is 13.0. The monoisotopic (exact) mass is 266 g/mol. The van der Waals surface area contributed by atoms with Crippen molar-refractivity contribution in [1.29, 1.82) is 0 Å². The van der Waals surface area contributed by atoms with Gasteiger partial charge in [-0.2, -0.15) is 0 Å². The van der Waals surface area contributed by atoms with Crippen LogP contribution in [0, 0.1) is 5.92 Å². The highest BCUT2D eigenvalue weighted by molar-refractivity contribution is 6.34. The summed E-state index contributed by atoms with van der Waals surface area (Å²) in [6, 6.07) is 5.25. The van der Waals surface area contributed by atoms with Gasteiger partial charge in [0.25, 0.3) is 0 Å². The third kappa shape index (κ3) is 3.26. The number of ketones is 1. The Labute approximate surface area is 113 Å². The third-order valence-corrected chi connectivity index (χ3v) is 4.04. The molecule has 0 aromatic heterocycles. The number of carbonyl (C=O) groups excluding carboxylic acids is 1. The average Bonchev–Trinajstić information content (AvgIpc) is 2.88. The van der Waals surface area contributed by atoms with Gasteiger partial charge in [0.2, 0.25) is 0 Å². The van der Waals surface area contributed by atoms with E-state index in [0.717, 1.165) is 12.3 Å². The molecule has 0 aliphatic heterocycles. The fourth-order valence-corrected chi connectivity index (χ4v) is 2.89. The van der Waals surface area contributed by atoms with E-state index < -0.39 is 0 Å². The van der Waals surface area contributed by atoms with Crippen LogP contribution in [0.1, 0.15) is 48.9 Å². The lowest BCUT2D eigenvalue weighted by Crippen LogP contribution is -2.03. The van der Waals surface area contributed by atoms with E-state index >= 15 is 0 Å². The second-order valence-electron chi connectivity index (χ2n) is 4.96. The fraction of sp³-hybridized carbons (Fsp3) is 0.533. The van der Waals surface area contributed by atoms with Crippen molar-refractivity contribution in [1.82, 2.24) is 0 Å². The lowest BCUT2D eigenvalue weighted by Gasteiger charge is -2.09. The molecule has 1 saturated carbocycles. The summed E-state index contributed by atoms with van der Waals surface area (Å²) < 4.78 is 5.08. The second-order valence-corrected chi connectivity index (χ2v) is 5.37. The summed E-state index contributed by atoms with van der Waals surface area (Å²) in [5.74, 6) is 1.58. The molecular formula is C15H19ClO2. The first-order chi connectivity index (χ1) is 8.70. The van der Waals surface area contributed by atoms with Crippen LogP contribution < -0.4 is 4.74 Å². The first-order valence-corrected chi connectivity index (χ1v) is 6.95. The van der Waals surface area contributed by atoms with E-state index in [1.54, 1.807) is 25.3 Å². The van der Waals surface area contributed by atoms with Gasteiger partial charge in [-0.15, -0.1) is 0 Å². The first-order valence-electron chi connectivity index (χ1n) is 6.57. The molecule has 0 atom stereocenters. The molecule has 2 rings (SSSR count). The fourth-order valence-electron chi connectivity index (χ4n) is 2.62. The zero-order valence-electron chi connectivity index (χ0n) is 10.7. The normalized spacial score (nSPS) is 15.9. The summed E-state index contributed by atoms with van der Waals surface area (Å²) in [6.45, 7) is 0. The van der Waals surface area contributed by atoms with Crippen LogP contribution in [0.15, 0.2) is 18.2 Å². The van der Waals surface area contributed by atoms with Crippen molar-refractivity contribution in [2.75, 3.05) is 7.11 Å². The highest BCUT2D eigenvalue weighted by Gasteiger charge is 2.18. The summed E-state index contributed by atoms with van der Waals surface area (Å²) in [4.78, 5) is 12.1. The third-order valence-electron chi connectivity index (χ3n) is 3.73. The Kier molecular flexibility index (Phi) is 4.65. The maximum atomic E-state index is 12.1. The highest BCUT2D eigenvalue weighted by atomic mass is 35.5. The number of carbonyl (C=O) groups is 1. The summed E-state index contributed by atoms with van der Waals surface area (Å²) in [5.41, 5.74) is 0.621. The van der Waals surface area contributed by atoms with Crippen molar-refractivity contribution in [3.05, 3.63) is 28.8 Å². The number of benzene rings is 1. The first kappa shape index (κ1) is 13.4. The Morgan fingerprint density at radius 3 is 2.72 bits per heavy atom. The number of hydrogen-bond acceptors (Lipinski definition) is 2. The van der Waals surface area contributed by atoms with Gasteiger partial charge in [0.1, 0.15) is 5.75 Å². The molecule has 2 nitrogen and oxygen atoms in total. The van der Waals surface area contributed by atoms with E-state index in [1.165, 1.54) is 25.7 Å². The van der Waals surface area contributed by atoms with E-state index in [4.69, 9.17) is 16.3 Å². The number of ether oxygens (including phenoxy) is 1. The zero-order valence-corrected chi connectivity index (χ0v) is 11.5. The van der Waals surface area contributed by atoms with Gasteiger partial charge in [-0.25, -0.2) is 0 Å². The SMILES string of the molecule is COc1ccc(C(=O)CCC2CCCC2)c(Cl)c1. The number of halogens is 1. The molecule has 0 amide bonds. The Bertz CT molecular complexity index is 423. The van der Waals surface area contributed by atoms with Gasteiger partial charge in [0, 0.05) is 12.0 Å². The van der Waals surface area contributed by atoms with Crippen LogP contribution in [0.25, 0.3) is 0 Å². The Hall–Kier alpha value is -1.02. The summed E-state index contributed by atoms with van der Waals surface area (Å²) in [6.07, 6.45) is 6.81. The van der Waals surface area contributed by atoms with Gasteiger partial charge in [0.05, 0.1) is 12.1 Å². The Balaban J connectivity index is 1.95. The van der Waals surface area contributed by atoms with E-state index in [9.17, 15) is 4.79 Å². The molecule has 1 aromatic carbocycles.